The lowest BCUT2D eigenvalue weighted by Crippen LogP contribution is -2.26. The Morgan fingerprint density at radius 3 is 1.33 bits per heavy atom. The van der Waals surface area contributed by atoms with Gasteiger partial charge in [-0.3, -0.25) is 4.79 Å². The van der Waals surface area contributed by atoms with Gasteiger partial charge in [-0.2, -0.15) is 0 Å². The van der Waals surface area contributed by atoms with E-state index in [1.165, 1.54) is 166 Å². The fourth-order valence-electron chi connectivity index (χ4n) is 17.8. The number of carbonyl (C=O) groups excluding carboxylic acids is 1. The van der Waals surface area contributed by atoms with Gasteiger partial charge in [0, 0.05) is 11.1 Å². The summed E-state index contributed by atoms with van der Waals surface area (Å²) < 4.78 is 0. The minimum Gasteiger partial charge on any atom is -0.289 e. The highest BCUT2D eigenvalue weighted by Gasteiger charge is 2.53. The lowest BCUT2D eigenvalue weighted by molar-refractivity contribution is 0.103. The molecular formula is C92H58O. The van der Waals surface area contributed by atoms with Crippen LogP contribution in [-0.2, 0) is 17.3 Å². The quantitative estimate of drug-likeness (QED) is 0.120. The molecule has 0 aliphatic heterocycles. The fourth-order valence-corrected chi connectivity index (χ4v) is 17.8. The van der Waals surface area contributed by atoms with Crippen LogP contribution in [0.4, 0.5) is 0 Å². The van der Waals surface area contributed by atoms with Crippen molar-refractivity contribution in [2.75, 3.05) is 0 Å². The molecule has 432 valence electrons. The lowest BCUT2D eigenvalue weighted by atomic mass is 9.70. The Bertz CT molecular complexity index is 5790. The molecule has 0 bridgehead atoms. The van der Waals surface area contributed by atoms with Gasteiger partial charge in [-0.1, -0.05) is 274 Å². The van der Waals surface area contributed by atoms with E-state index >= 15 is 4.79 Å². The number of benzene rings is 15. The maximum Gasteiger partial charge on any atom is 0.193 e. The number of ketones is 1. The van der Waals surface area contributed by atoms with Crippen molar-refractivity contribution in [2.45, 2.75) is 24.2 Å². The second-order valence-corrected chi connectivity index (χ2v) is 26.5. The topological polar surface area (TPSA) is 17.1 Å². The second-order valence-electron chi connectivity index (χ2n) is 26.5. The molecule has 0 aromatic heterocycles. The molecule has 93 heavy (non-hydrogen) atoms. The molecule has 0 saturated heterocycles. The third-order valence-electron chi connectivity index (χ3n) is 21.8. The van der Waals surface area contributed by atoms with Crippen LogP contribution < -0.4 is 0 Å². The van der Waals surface area contributed by atoms with Gasteiger partial charge in [0.1, 0.15) is 0 Å². The van der Waals surface area contributed by atoms with Crippen LogP contribution in [0.25, 0.3) is 127 Å². The highest BCUT2D eigenvalue weighted by Crippen LogP contribution is 2.65. The molecule has 15 aromatic carbocycles. The minimum atomic E-state index is -0.655. The molecule has 0 heterocycles. The number of hydrogen-bond donors (Lipinski definition) is 0. The van der Waals surface area contributed by atoms with Crippen molar-refractivity contribution in [2.24, 2.45) is 5.92 Å². The zero-order valence-corrected chi connectivity index (χ0v) is 51.2. The summed E-state index contributed by atoms with van der Waals surface area (Å²) in [6.45, 7) is 2.29. The summed E-state index contributed by atoms with van der Waals surface area (Å²) in [6.07, 6.45) is 5.73. The summed E-state index contributed by atoms with van der Waals surface area (Å²) in [5.74, 6) is 0.605. The van der Waals surface area contributed by atoms with E-state index in [4.69, 9.17) is 0 Å². The second kappa shape index (κ2) is 19.5. The molecule has 1 nitrogen and oxygen atoms in total. The highest BCUT2D eigenvalue weighted by molar-refractivity contribution is 6.19. The molecule has 2 atom stereocenters. The van der Waals surface area contributed by atoms with Gasteiger partial charge in [0.25, 0.3) is 0 Å². The third-order valence-corrected chi connectivity index (χ3v) is 21.8. The van der Waals surface area contributed by atoms with E-state index in [0.717, 1.165) is 17.5 Å². The molecule has 0 N–H and O–H groups in total. The van der Waals surface area contributed by atoms with Gasteiger partial charge >= 0.3 is 0 Å². The predicted molar refractivity (Wildman–Crippen MR) is 385 cm³/mol. The largest absolute Gasteiger partial charge is 0.289 e. The number of fused-ring (bicyclic) bond motifs is 25. The van der Waals surface area contributed by atoms with Crippen molar-refractivity contribution in [3.05, 3.63) is 376 Å². The van der Waals surface area contributed by atoms with Crippen LogP contribution in [0.3, 0.4) is 0 Å². The van der Waals surface area contributed by atoms with Crippen molar-refractivity contribution in [3.63, 3.8) is 0 Å². The first-order valence-electron chi connectivity index (χ1n) is 32.8. The first-order chi connectivity index (χ1) is 45.9. The molecule has 2 unspecified atom stereocenters. The summed E-state index contributed by atoms with van der Waals surface area (Å²) in [4.78, 5) is 15.7. The smallest absolute Gasteiger partial charge is 0.193 e. The van der Waals surface area contributed by atoms with Crippen LogP contribution in [0.2, 0.25) is 0 Å². The summed E-state index contributed by atoms with van der Waals surface area (Å²) in [5, 5.41) is 7.37. The first-order valence-corrected chi connectivity index (χ1v) is 32.8. The van der Waals surface area contributed by atoms with E-state index in [1.54, 1.807) is 0 Å². The van der Waals surface area contributed by atoms with Crippen LogP contribution >= 0.6 is 0 Å². The average molecular weight is 1180 g/mol. The molecule has 0 amide bonds. The summed E-state index contributed by atoms with van der Waals surface area (Å²) in [6, 6.07) is 113. The first kappa shape index (κ1) is 52.3. The minimum absolute atomic E-state index is 0.0199. The number of carbonyl (C=O) groups is 1. The number of rotatable bonds is 6. The third kappa shape index (κ3) is 7.25. The zero-order valence-electron chi connectivity index (χ0n) is 51.2. The molecule has 20 rings (SSSR count). The summed E-state index contributed by atoms with van der Waals surface area (Å²) >= 11 is 0. The molecule has 2 spiro atoms. The number of hydrogen-bond acceptors (Lipinski definition) is 1. The SMILES string of the molecule is CC1C=Cc2cc(-c3ccc4cc(-c5cccc(-c6cc7cccc(-c8ccc9c(c8)-c8ccccc8C98c9ccccc9-c9ccc(C(=O)c%10ccc%11c(c%10)C%10(c%12ccccc%12-c%12ccccc%12%10)c%10ccccc%10-%11)cc98)c7c7ccccc67)c5)ccc4c3)ccc2C1. The van der Waals surface area contributed by atoms with Gasteiger partial charge in [0.05, 0.1) is 10.8 Å². The molecule has 0 radical (unpaired) electrons. The van der Waals surface area contributed by atoms with Crippen molar-refractivity contribution in [1.82, 2.24) is 0 Å². The Kier molecular flexibility index (Phi) is 11.0. The lowest BCUT2D eigenvalue weighted by Gasteiger charge is -2.31. The van der Waals surface area contributed by atoms with E-state index in [0.29, 0.717) is 17.0 Å². The van der Waals surface area contributed by atoms with Gasteiger partial charge in [-0.05, 0) is 238 Å². The van der Waals surface area contributed by atoms with E-state index in [2.05, 4.69) is 322 Å². The van der Waals surface area contributed by atoms with E-state index in [1.807, 2.05) is 0 Å². The Labute approximate surface area is 540 Å². The van der Waals surface area contributed by atoms with Crippen LogP contribution in [0, 0.1) is 5.92 Å². The van der Waals surface area contributed by atoms with Crippen LogP contribution in [0.1, 0.15) is 78.5 Å². The Morgan fingerprint density at radius 1 is 0.301 bits per heavy atom. The molecule has 15 aromatic rings. The van der Waals surface area contributed by atoms with Crippen LogP contribution in [0.5, 0.6) is 0 Å². The average Bonchev–Trinajstić information content (AvgIpc) is 1.52. The Balaban J connectivity index is 0.677. The normalized spacial score (nSPS) is 16.0. The standard InChI is InChI=1S/C92H58O/c1-55-32-33-58-47-60(35-34-57(58)46-55)63-39-38-61-48-59(36-37-62(61)49-63)56-16-14-17-64(50-56)79-52-66-18-15-26-69(89(66)78-25-3-2-19-70(78)79)65-42-45-86-80(51-65)75-24-8-13-31-85(75)92(86)84-30-12-7-23-74(84)77-44-41-68(54-88(77)92)90(93)67-40-43-76-73-22-6-11-29-83(73)91(87(76)53-67)81-27-9-4-20-71(81)72-21-5-10-28-82(72)91/h2-45,47-55H,46H2,1H3. The van der Waals surface area contributed by atoms with E-state index < -0.39 is 10.8 Å². The molecular weight excluding hydrogens is 1120 g/mol. The number of allylic oxidation sites excluding steroid dienone is 1. The van der Waals surface area contributed by atoms with Gasteiger partial charge in [-0.15, -0.1) is 0 Å². The van der Waals surface area contributed by atoms with Gasteiger partial charge in [0.15, 0.2) is 5.78 Å². The van der Waals surface area contributed by atoms with Crippen molar-refractivity contribution in [1.29, 1.82) is 0 Å². The molecule has 0 saturated carbocycles. The van der Waals surface area contributed by atoms with Crippen molar-refractivity contribution in [3.8, 4) is 89.0 Å². The maximum absolute atomic E-state index is 15.7. The summed E-state index contributed by atoms with van der Waals surface area (Å²) in [5.41, 5.74) is 32.2. The van der Waals surface area contributed by atoms with E-state index in [-0.39, 0.29) is 5.78 Å². The Hall–Kier alpha value is -11.5. The van der Waals surface area contributed by atoms with Crippen molar-refractivity contribution >= 4 is 44.2 Å². The molecule has 1 heteroatoms. The molecule has 5 aliphatic carbocycles. The van der Waals surface area contributed by atoms with Crippen LogP contribution in [-0.4, -0.2) is 5.78 Å². The summed E-state index contributed by atoms with van der Waals surface area (Å²) in [7, 11) is 0. The Morgan fingerprint density at radius 2 is 0.742 bits per heavy atom. The fraction of sp³-hybridized carbons (Fsp3) is 0.0543. The monoisotopic (exact) mass is 1180 g/mol. The highest BCUT2D eigenvalue weighted by atomic mass is 16.1. The van der Waals surface area contributed by atoms with Crippen LogP contribution in [0.15, 0.2) is 309 Å². The van der Waals surface area contributed by atoms with Gasteiger partial charge in [-0.25, -0.2) is 0 Å². The predicted octanol–water partition coefficient (Wildman–Crippen LogP) is 22.9. The van der Waals surface area contributed by atoms with Gasteiger partial charge < -0.3 is 0 Å². The maximum atomic E-state index is 15.7. The van der Waals surface area contributed by atoms with Crippen molar-refractivity contribution < 1.29 is 4.79 Å². The van der Waals surface area contributed by atoms with Gasteiger partial charge in [0.2, 0.25) is 0 Å². The van der Waals surface area contributed by atoms with E-state index in [9.17, 15) is 0 Å². The molecule has 0 fully saturated rings. The molecule has 5 aliphatic rings. The zero-order chi connectivity index (χ0) is 61.3.